The highest BCUT2D eigenvalue weighted by atomic mass is 19.1. The quantitative estimate of drug-likeness (QED) is 0.587. The van der Waals surface area contributed by atoms with E-state index in [4.69, 9.17) is 5.73 Å². The maximum atomic E-state index is 13.7. The Labute approximate surface area is 139 Å². The summed E-state index contributed by atoms with van der Waals surface area (Å²) in [6.45, 7) is 2.21. The van der Waals surface area contributed by atoms with Gasteiger partial charge in [-0.2, -0.15) is 5.10 Å². The molecule has 8 heteroatoms. The van der Waals surface area contributed by atoms with Gasteiger partial charge in [0.2, 0.25) is 0 Å². The molecule has 0 fully saturated rings. The summed E-state index contributed by atoms with van der Waals surface area (Å²) in [6.07, 6.45) is 3.07. The van der Waals surface area contributed by atoms with Gasteiger partial charge < -0.3 is 10.3 Å². The molecule has 4 rings (SSSR count). The third-order valence-corrected chi connectivity index (χ3v) is 4.13. The second-order valence-electron chi connectivity index (χ2n) is 5.68. The zero-order chi connectivity index (χ0) is 17.7. The van der Waals surface area contributed by atoms with Gasteiger partial charge in [-0.3, -0.25) is 9.89 Å². The summed E-state index contributed by atoms with van der Waals surface area (Å²) in [5, 5.41) is 7.90. The molecule has 126 valence electrons. The number of anilines is 1. The molecule has 3 aromatic heterocycles. The van der Waals surface area contributed by atoms with Crippen molar-refractivity contribution in [2.24, 2.45) is 0 Å². The van der Waals surface area contributed by atoms with E-state index >= 15 is 0 Å². The molecule has 25 heavy (non-hydrogen) atoms. The Bertz CT molecular complexity index is 1180. The van der Waals surface area contributed by atoms with Crippen molar-refractivity contribution < 1.29 is 8.78 Å². The van der Waals surface area contributed by atoms with Crippen molar-refractivity contribution >= 4 is 27.5 Å². The number of nitrogen functional groups attached to an aromatic ring is 1. The molecule has 0 aliphatic rings. The van der Waals surface area contributed by atoms with Crippen LogP contribution in [-0.4, -0.2) is 19.7 Å². The van der Waals surface area contributed by atoms with Crippen LogP contribution < -0.4 is 11.3 Å². The summed E-state index contributed by atoms with van der Waals surface area (Å²) in [4.78, 5) is 17.3. The molecule has 1 aromatic carbocycles. The monoisotopic (exact) mass is 341 g/mol. The zero-order valence-electron chi connectivity index (χ0n) is 13.2. The van der Waals surface area contributed by atoms with E-state index in [1.807, 2.05) is 0 Å². The third kappa shape index (κ3) is 2.25. The summed E-state index contributed by atoms with van der Waals surface area (Å²) in [7, 11) is 0. The first-order chi connectivity index (χ1) is 12.0. The van der Waals surface area contributed by atoms with Crippen molar-refractivity contribution in [3.05, 3.63) is 52.6 Å². The fourth-order valence-electron chi connectivity index (χ4n) is 3.05. The van der Waals surface area contributed by atoms with E-state index in [0.717, 1.165) is 18.2 Å². The van der Waals surface area contributed by atoms with Crippen molar-refractivity contribution in [1.82, 2.24) is 19.7 Å². The molecule has 0 bridgehead atoms. The van der Waals surface area contributed by atoms with Crippen molar-refractivity contribution in [2.75, 3.05) is 5.73 Å². The summed E-state index contributed by atoms with van der Waals surface area (Å²) < 4.78 is 28.8. The molecule has 0 aliphatic heterocycles. The lowest BCUT2D eigenvalue weighted by molar-refractivity contribution is 0.584. The maximum Gasteiger partial charge on any atom is 0.260 e. The standard InChI is InChI=1S/C17H13F2N5O/c1-2-24-7-12(20)13-11-6-21-23-16(11)22-15(14(13)17(24)25)8-3-9(18)5-10(19)4-8/h3-7H,2,20H2,1H3,(H,21,22,23). The van der Waals surface area contributed by atoms with Crippen LogP contribution in [0.25, 0.3) is 33.1 Å². The first kappa shape index (κ1) is 15.3. The fraction of sp³-hybridized carbons (Fsp3) is 0.118. The topological polar surface area (TPSA) is 89.6 Å². The largest absolute Gasteiger partial charge is 0.397 e. The van der Waals surface area contributed by atoms with Gasteiger partial charge in [0.1, 0.15) is 11.6 Å². The SMILES string of the molecule is CCn1cc(N)c2c(c(-c3cc(F)cc(F)c3)nc3[nH]ncc32)c1=O. The Balaban J connectivity index is 2.26. The van der Waals surface area contributed by atoms with Gasteiger partial charge in [0, 0.05) is 35.1 Å². The predicted molar refractivity (Wildman–Crippen MR) is 91.1 cm³/mol. The van der Waals surface area contributed by atoms with Gasteiger partial charge in [-0.15, -0.1) is 0 Å². The molecule has 3 N–H and O–H groups in total. The number of hydrogen-bond donors (Lipinski definition) is 2. The number of rotatable bonds is 2. The van der Waals surface area contributed by atoms with Crippen LogP contribution in [0.3, 0.4) is 0 Å². The minimum atomic E-state index is -0.755. The van der Waals surface area contributed by atoms with Gasteiger partial charge in [0.25, 0.3) is 5.56 Å². The van der Waals surface area contributed by atoms with Crippen LogP contribution >= 0.6 is 0 Å². The van der Waals surface area contributed by atoms with Gasteiger partial charge in [-0.25, -0.2) is 13.8 Å². The van der Waals surface area contributed by atoms with E-state index in [1.54, 1.807) is 13.1 Å². The normalized spacial score (nSPS) is 11.5. The molecule has 0 atom stereocenters. The number of hydrogen-bond acceptors (Lipinski definition) is 4. The van der Waals surface area contributed by atoms with Gasteiger partial charge in [-0.1, -0.05) is 0 Å². The second kappa shape index (κ2) is 5.37. The van der Waals surface area contributed by atoms with E-state index < -0.39 is 11.6 Å². The average molecular weight is 341 g/mol. The number of fused-ring (bicyclic) bond motifs is 3. The lowest BCUT2D eigenvalue weighted by atomic mass is 10.0. The number of aryl methyl sites for hydroxylation is 1. The molecule has 0 radical (unpaired) electrons. The number of halogens is 2. The molecule has 0 saturated carbocycles. The molecule has 0 aliphatic carbocycles. The molecule has 4 aromatic rings. The Morgan fingerprint density at radius 2 is 1.92 bits per heavy atom. The van der Waals surface area contributed by atoms with Gasteiger partial charge in [-0.05, 0) is 19.1 Å². The number of pyridine rings is 2. The van der Waals surface area contributed by atoms with Crippen molar-refractivity contribution in [2.45, 2.75) is 13.5 Å². The highest BCUT2D eigenvalue weighted by molar-refractivity contribution is 6.14. The minimum Gasteiger partial charge on any atom is -0.397 e. The number of nitrogens with two attached hydrogens (primary N) is 1. The Kier molecular flexibility index (Phi) is 3.28. The van der Waals surface area contributed by atoms with Crippen LogP contribution in [0.1, 0.15) is 6.92 Å². The molecule has 3 heterocycles. The van der Waals surface area contributed by atoms with Gasteiger partial charge >= 0.3 is 0 Å². The van der Waals surface area contributed by atoms with Gasteiger partial charge in [0.15, 0.2) is 5.65 Å². The van der Waals surface area contributed by atoms with Crippen molar-refractivity contribution in [3.8, 4) is 11.3 Å². The second-order valence-corrected chi connectivity index (χ2v) is 5.68. The first-order valence-corrected chi connectivity index (χ1v) is 7.61. The molecular formula is C17H13F2N5O. The van der Waals surface area contributed by atoms with Crippen LogP contribution in [0.2, 0.25) is 0 Å². The van der Waals surface area contributed by atoms with Crippen LogP contribution in [-0.2, 0) is 6.54 Å². The van der Waals surface area contributed by atoms with E-state index in [-0.39, 0.29) is 22.2 Å². The summed E-state index contributed by atoms with van der Waals surface area (Å²) in [5.41, 5.74) is 6.88. The smallest absolute Gasteiger partial charge is 0.260 e. The number of aromatic amines is 1. The van der Waals surface area contributed by atoms with E-state index in [2.05, 4.69) is 15.2 Å². The number of benzene rings is 1. The lowest BCUT2D eigenvalue weighted by Gasteiger charge is -2.12. The van der Waals surface area contributed by atoms with Crippen LogP contribution in [0, 0.1) is 11.6 Å². The molecule has 0 unspecified atom stereocenters. The molecule has 0 spiro atoms. The summed E-state index contributed by atoms with van der Waals surface area (Å²) in [5.74, 6) is -1.51. The van der Waals surface area contributed by atoms with Crippen LogP contribution in [0.5, 0.6) is 0 Å². The van der Waals surface area contributed by atoms with Crippen LogP contribution in [0.4, 0.5) is 14.5 Å². The van der Waals surface area contributed by atoms with E-state index in [9.17, 15) is 13.6 Å². The molecule has 6 nitrogen and oxygen atoms in total. The third-order valence-electron chi connectivity index (χ3n) is 4.13. The molecular weight excluding hydrogens is 328 g/mol. The molecule has 0 amide bonds. The Hall–Kier alpha value is -3.29. The molecule has 0 saturated heterocycles. The van der Waals surface area contributed by atoms with Crippen LogP contribution in [0.15, 0.2) is 35.4 Å². The summed E-state index contributed by atoms with van der Waals surface area (Å²) in [6, 6.07) is 3.02. The fourth-order valence-corrected chi connectivity index (χ4v) is 3.05. The Morgan fingerprint density at radius 3 is 2.60 bits per heavy atom. The average Bonchev–Trinajstić information content (AvgIpc) is 3.04. The number of aromatic nitrogens is 4. The maximum absolute atomic E-state index is 13.7. The minimum absolute atomic E-state index is 0.157. The number of nitrogens with zero attached hydrogens (tertiary/aromatic N) is 3. The summed E-state index contributed by atoms with van der Waals surface area (Å²) >= 11 is 0. The van der Waals surface area contributed by atoms with E-state index in [0.29, 0.717) is 28.7 Å². The first-order valence-electron chi connectivity index (χ1n) is 7.61. The number of nitrogens with one attached hydrogen (secondary N) is 1. The van der Waals surface area contributed by atoms with Gasteiger partial charge in [0.05, 0.1) is 23.0 Å². The van der Waals surface area contributed by atoms with Crippen molar-refractivity contribution in [1.29, 1.82) is 0 Å². The lowest BCUT2D eigenvalue weighted by Crippen LogP contribution is -2.20. The van der Waals surface area contributed by atoms with E-state index in [1.165, 1.54) is 10.8 Å². The zero-order valence-corrected chi connectivity index (χ0v) is 13.2. The Morgan fingerprint density at radius 1 is 1.20 bits per heavy atom. The van der Waals surface area contributed by atoms with Crippen molar-refractivity contribution in [3.63, 3.8) is 0 Å². The highest BCUT2D eigenvalue weighted by Crippen LogP contribution is 2.33. The predicted octanol–water partition coefficient (Wildman–Crippen LogP) is 2.82. The highest BCUT2D eigenvalue weighted by Gasteiger charge is 2.19. The number of H-pyrrole nitrogens is 1.